The molecule has 1 heterocycles. The van der Waals surface area contributed by atoms with E-state index in [-0.39, 0.29) is 11.6 Å². The van der Waals surface area contributed by atoms with Crippen molar-refractivity contribution in [2.45, 2.75) is 6.92 Å². The van der Waals surface area contributed by atoms with Gasteiger partial charge in [0.25, 0.3) is 0 Å². The summed E-state index contributed by atoms with van der Waals surface area (Å²) in [5.41, 5.74) is 1.73. The maximum atomic E-state index is 13.0. The first-order valence-corrected chi connectivity index (χ1v) is 4.55. The SMILES string of the molecule is Cc1cc(-c2cccc(F)c2)ncc1F. The minimum absolute atomic E-state index is 0.323. The lowest BCUT2D eigenvalue weighted by molar-refractivity contribution is 0.612. The Morgan fingerprint density at radius 2 is 1.93 bits per heavy atom. The van der Waals surface area contributed by atoms with Gasteiger partial charge in [-0.2, -0.15) is 0 Å². The zero-order chi connectivity index (χ0) is 10.8. The second-order valence-electron chi connectivity index (χ2n) is 3.33. The van der Waals surface area contributed by atoms with Crippen LogP contribution < -0.4 is 0 Å². The molecule has 0 aliphatic rings. The molecule has 0 fully saturated rings. The molecular formula is C12H9F2N. The standard InChI is InChI=1S/C12H9F2N/c1-8-5-12(15-7-11(8)14)9-3-2-4-10(13)6-9/h2-7H,1H3. The highest BCUT2D eigenvalue weighted by Gasteiger charge is 2.03. The van der Waals surface area contributed by atoms with E-state index >= 15 is 0 Å². The summed E-state index contributed by atoms with van der Waals surface area (Å²) in [6.45, 7) is 1.65. The number of hydrogen-bond donors (Lipinski definition) is 0. The van der Waals surface area contributed by atoms with Crippen LogP contribution in [0.25, 0.3) is 11.3 Å². The van der Waals surface area contributed by atoms with Gasteiger partial charge in [-0.05, 0) is 30.7 Å². The molecule has 0 radical (unpaired) electrons. The fourth-order valence-electron chi connectivity index (χ4n) is 1.34. The zero-order valence-corrected chi connectivity index (χ0v) is 8.17. The van der Waals surface area contributed by atoms with Gasteiger partial charge in [0.05, 0.1) is 11.9 Å². The Morgan fingerprint density at radius 1 is 1.13 bits per heavy atom. The second-order valence-corrected chi connectivity index (χ2v) is 3.33. The van der Waals surface area contributed by atoms with E-state index in [1.807, 2.05) is 0 Å². The van der Waals surface area contributed by atoms with Crippen molar-refractivity contribution in [2.24, 2.45) is 0 Å². The van der Waals surface area contributed by atoms with Crippen LogP contribution >= 0.6 is 0 Å². The van der Waals surface area contributed by atoms with Crippen LogP contribution in [0.2, 0.25) is 0 Å². The van der Waals surface area contributed by atoms with Crippen molar-refractivity contribution in [1.29, 1.82) is 0 Å². The van der Waals surface area contributed by atoms with E-state index in [4.69, 9.17) is 0 Å². The molecule has 3 heteroatoms. The molecule has 0 aliphatic carbocycles. The molecule has 1 aromatic heterocycles. The zero-order valence-electron chi connectivity index (χ0n) is 8.17. The monoisotopic (exact) mass is 205 g/mol. The van der Waals surface area contributed by atoms with Gasteiger partial charge in [-0.25, -0.2) is 8.78 Å². The highest BCUT2D eigenvalue weighted by Crippen LogP contribution is 2.19. The van der Waals surface area contributed by atoms with E-state index in [1.165, 1.54) is 12.1 Å². The van der Waals surface area contributed by atoms with Crippen molar-refractivity contribution in [3.8, 4) is 11.3 Å². The molecule has 1 aromatic carbocycles. The number of rotatable bonds is 1. The molecule has 0 N–H and O–H groups in total. The van der Waals surface area contributed by atoms with E-state index in [1.54, 1.807) is 25.1 Å². The molecule has 2 rings (SSSR count). The molecule has 0 unspecified atom stereocenters. The number of benzene rings is 1. The number of aryl methyl sites for hydroxylation is 1. The van der Waals surface area contributed by atoms with Gasteiger partial charge in [0.2, 0.25) is 0 Å². The molecule has 0 atom stereocenters. The van der Waals surface area contributed by atoms with Crippen LogP contribution in [0, 0.1) is 18.6 Å². The smallest absolute Gasteiger partial charge is 0.144 e. The molecule has 0 bridgehead atoms. The Labute approximate surface area is 86.4 Å². The van der Waals surface area contributed by atoms with Crippen LogP contribution in [-0.2, 0) is 0 Å². The Hall–Kier alpha value is -1.77. The lowest BCUT2D eigenvalue weighted by atomic mass is 10.1. The molecule has 0 aliphatic heterocycles. The third kappa shape index (κ3) is 2.01. The van der Waals surface area contributed by atoms with Gasteiger partial charge in [0.15, 0.2) is 0 Å². The number of nitrogens with zero attached hydrogens (tertiary/aromatic N) is 1. The summed E-state index contributed by atoms with van der Waals surface area (Å²) in [5.74, 6) is -0.675. The minimum atomic E-state index is -0.352. The summed E-state index contributed by atoms with van der Waals surface area (Å²) in [6.07, 6.45) is 1.15. The fraction of sp³-hybridized carbons (Fsp3) is 0.0833. The quantitative estimate of drug-likeness (QED) is 0.695. The molecule has 0 saturated carbocycles. The predicted molar refractivity (Wildman–Crippen MR) is 54.3 cm³/mol. The lowest BCUT2D eigenvalue weighted by Gasteiger charge is -2.02. The van der Waals surface area contributed by atoms with Gasteiger partial charge in [-0.15, -0.1) is 0 Å². The van der Waals surface area contributed by atoms with Crippen LogP contribution in [0.15, 0.2) is 36.5 Å². The second kappa shape index (κ2) is 3.77. The Balaban J connectivity index is 2.50. The van der Waals surface area contributed by atoms with Gasteiger partial charge in [0, 0.05) is 5.56 Å². The molecule has 2 aromatic rings. The first-order valence-electron chi connectivity index (χ1n) is 4.55. The minimum Gasteiger partial charge on any atom is -0.253 e. The maximum Gasteiger partial charge on any atom is 0.144 e. The molecule has 0 saturated heterocycles. The van der Waals surface area contributed by atoms with Gasteiger partial charge < -0.3 is 0 Å². The van der Waals surface area contributed by atoms with Crippen LogP contribution in [0.5, 0.6) is 0 Å². The van der Waals surface area contributed by atoms with Crippen LogP contribution in [0.4, 0.5) is 8.78 Å². The average Bonchev–Trinajstić information content (AvgIpc) is 2.22. The van der Waals surface area contributed by atoms with E-state index in [0.29, 0.717) is 16.8 Å². The summed E-state index contributed by atoms with van der Waals surface area (Å²) in [5, 5.41) is 0. The van der Waals surface area contributed by atoms with Crippen LogP contribution in [-0.4, -0.2) is 4.98 Å². The molecule has 0 spiro atoms. The third-order valence-electron chi connectivity index (χ3n) is 2.17. The first kappa shape index (κ1) is 9.77. The largest absolute Gasteiger partial charge is 0.253 e. The summed E-state index contributed by atoms with van der Waals surface area (Å²) >= 11 is 0. The number of halogens is 2. The van der Waals surface area contributed by atoms with E-state index in [2.05, 4.69) is 4.98 Å². The van der Waals surface area contributed by atoms with E-state index in [0.717, 1.165) is 6.20 Å². The first-order chi connectivity index (χ1) is 7.16. The highest BCUT2D eigenvalue weighted by molar-refractivity contribution is 5.59. The van der Waals surface area contributed by atoms with Crippen molar-refractivity contribution in [2.75, 3.05) is 0 Å². The number of pyridine rings is 1. The molecule has 15 heavy (non-hydrogen) atoms. The van der Waals surface area contributed by atoms with Gasteiger partial charge in [-0.1, -0.05) is 12.1 Å². The van der Waals surface area contributed by atoms with Crippen molar-refractivity contribution in [3.05, 3.63) is 53.7 Å². The Kier molecular flexibility index (Phi) is 2.46. The van der Waals surface area contributed by atoms with Crippen molar-refractivity contribution in [1.82, 2.24) is 4.98 Å². The normalized spacial score (nSPS) is 10.3. The molecule has 1 nitrogen and oxygen atoms in total. The van der Waals surface area contributed by atoms with E-state index in [9.17, 15) is 8.78 Å². The van der Waals surface area contributed by atoms with Crippen molar-refractivity contribution >= 4 is 0 Å². The average molecular weight is 205 g/mol. The van der Waals surface area contributed by atoms with Crippen molar-refractivity contribution < 1.29 is 8.78 Å². The van der Waals surface area contributed by atoms with Crippen LogP contribution in [0.1, 0.15) is 5.56 Å². The Morgan fingerprint density at radius 3 is 2.60 bits per heavy atom. The summed E-state index contributed by atoms with van der Waals surface area (Å²) in [6, 6.07) is 7.68. The van der Waals surface area contributed by atoms with Gasteiger partial charge in [-0.3, -0.25) is 4.98 Å². The highest BCUT2D eigenvalue weighted by atomic mass is 19.1. The Bertz CT molecular complexity index is 495. The predicted octanol–water partition coefficient (Wildman–Crippen LogP) is 3.34. The molecule has 0 amide bonds. The fourth-order valence-corrected chi connectivity index (χ4v) is 1.34. The third-order valence-corrected chi connectivity index (χ3v) is 2.17. The van der Waals surface area contributed by atoms with Gasteiger partial charge >= 0.3 is 0 Å². The summed E-state index contributed by atoms with van der Waals surface area (Å²) in [4.78, 5) is 3.91. The molecule has 76 valence electrons. The van der Waals surface area contributed by atoms with E-state index < -0.39 is 0 Å². The summed E-state index contributed by atoms with van der Waals surface area (Å²) < 4.78 is 25.9. The van der Waals surface area contributed by atoms with Gasteiger partial charge in [0.1, 0.15) is 11.6 Å². The summed E-state index contributed by atoms with van der Waals surface area (Å²) in [7, 11) is 0. The number of aromatic nitrogens is 1. The van der Waals surface area contributed by atoms with Crippen molar-refractivity contribution in [3.63, 3.8) is 0 Å². The topological polar surface area (TPSA) is 12.9 Å². The number of hydrogen-bond acceptors (Lipinski definition) is 1. The van der Waals surface area contributed by atoms with Crippen LogP contribution in [0.3, 0.4) is 0 Å². The molecular weight excluding hydrogens is 196 g/mol. The maximum absolute atomic E-state index is 13.0. The lowest BCUT2D eigenvalue weighted by Crippen LogP contribution is -1.89.